The van der Waals surface area contributed by atoms with E-state index in [0.717, 1.165) is 31.5 Å². The van der Waals surface area contributed by atoms with Crippen LogP contribution in [-0.2, 0) is 4.79 Å². The Morgan fingerprint density at radius 3 is 2.83 bits per heavy atom. The van der Waals surface area contributed by atoms with Crippen molar-refractivity contribution in [1.82, 2.24) is 5.32 Å². The summed E-state index contributed by atoms with van der Waals surface area (Å²) in [4.78, 5) is 11.9. The lowest BCUT2D eigenvalue weighted by molar-refractivity contribution is -0.120. The number of hydrogen-bond donors (Lipinski definition) is 2. The van der Waals surface area contributed by atoms with Gasteiger partial charge in [-0.3, -0.25) is 4.79 Å². The summed E-state index contributed by atoms with van der Waals surface area (Å²) in [5, 5.41) is 5.62. The van der Waals surface area contributed by atoms with Crippen molar-refractivity contribution in [2.24, 2.45) is 5.92 Å². The highest BCUT2D eigenvalue weighted by molar-refractivity contribution is 9.10. The number of benzene rings is 1. The molecule has 1 amide bonds. The van der Waals surface area contributed by atoms with Crippen LogP contribution in [0.25, 0.3) is 0 Å². The molecule has 1 atom stereocenters. The van der Waals surface area contributed by atoms with Gasteiger partial charge in [0.1, 0.15) is 5.82 Å². The fourth-order valence-electron chi connectivity index (χ4n) is 1.96. The Balaban J connectivity index is 2.11. The number of carbonyl (C=O) groups is 1. The number of anilines is 1. The van der Waals surface area contributed by atoms with Gasteiger partial charge in [-0.2, -0.15) is 0 Å². The van der Waals surface area contributed by atoms with Crippen LogP contribution >= 0.6 is 15.9 Å². The molecule has 0 radical (unpaired) electrons. The summed E-state index contributed by atoms with van der Waals surface area (Å²) in [5.41, 5.74) is -0.00743. The van der Waals surface area contributed by atoms with Crippen molar-refractivity contribution in [2.45, 2.75) is 12.8 Å². The lowest BCUT2D eigenvalue weighted by Crippen LogP contribution is -2.37. The lowest BCUT2D eigenvalue weighted by Gasteiger charge is -2.22. The van der Waals surface area contributed by atoms with Gasteiger partial charge in [-0.05, 0) is 41.4 Å². The van der Waals surface area contributed by atoms with Crippen molar-refractivity contribution in [2.75, 3.05) is 18.4 Å². The predicted octanol–water partition coefficient (Wildman–Crippen LogP) is 2.67. The second-order valence-corrected chi connectivity index (χ2v) is 5.13. The first kappa shape index (κ1) is 13.4. The van der Waals surface area contributed by atoms with Crippen molar-refractivity contribution >= 4 is 27.5 Å². The van der Waals surface area contributed by atoms with Gasteiger partial charge in [0.25, 0.3) is 0 Å². The SMILES string of the molecule is O=C(Nc1c(F)cc(F)cc1Br)[C@H]1CCCNC1. The first-order valence-electron chi connectivity index (χ1n) is 5.74. The molecule has 2 rings (SSSR count). The van der Waals surface area contributed by atoms with E-state index >= 15 is 0 Å². The molecular weight excluding hydrogens is 306 g/mol. The molecule has 0 bridgehead atoms. The molecule has 1 heterocycles. The van der Waals surface area contributed by atoms with E-state index in [1.165, 1.54) is 0 Å². The van der Waals surface area contributed by atoms with Crippen molar-refractivity contribution < 1.29 is 13.6 Å². The second-order valence-electron chi connectivity index (χ2n) is 4.28. The Morgan fingerprint density at radius 1 is 1.44 bits per heavy atom. The molecular formula is C12H13BrF2N2O. The fourth-order valence-corrected chi connectivity index (χ4v) is 2.47. The minimum absolute atomic E-state index is 0.00743. The van der Waals surface area contributed by atoms with Gasteiger partial charge in [0.05, 0.1) is 11.6 Å². The van der Waals surface area contributed by atoms with Gasteiger partial charge in [0, 0.05) is 17.1 Å². The monoisotopic (exact) mass is 318 g/mol. The highest BCUT2D eigenvalue weighted by Gasteiger charge is 2.22. The number of rotatable bonds is 2. The van der Waals surface area contributed by atoms with Gasteiger partial charge in [-0.15, -0.1) is 0 Å². The van der Waals surface area contributed by atoms with E-state index in [4.69, 9.17) is 0 Å². The highest BCUT2D eigenvalue weighted by atomic mass is 79.9. The summed E-state index contributed by atoms with van der Waals surface area (Å²) in [5.74, 6) is -1.88. The number of piperidine rings is 1. The largest absolute Gasteiger partial charge is 0.322 e. The van der Waals surface area contributed by atoms with Crippen LogP contribution in [0.15, 0.2) is 16.6 Å². The topological polar surface area (TPSA) is 41.1 Å². The molecule has 1 aliphatic heterocycles. The van der Waals surface area contributed by atoms with Crippen molar-refractivity contribution in [1.29, 1.82) is 0 Å². The molecule has 1 aromatic carbocycles. The molecule has 6 heteroatoms. The average Bonchev–Trinajstić information content (AvgIpc) is 2.34. The Morgan fingerprint density at radius 2 is 2.22 bits per heavy atom. The molecule has 1 aromatic rings. The third-order valence-electron chi connectivity index (χ3n) is 2.92. The van der Waals surface area contributed by atoms with Crippen LogP contribution < -0.4 is 10.6 Å². The van der Waals surface area contributed by atoms with Gasteiger partial charge in [-0.25, -0.2) is 8.78 Å². The van der Waals surface area contributed by atoms with Crippen LogP contribution in [0.1, 0.15) is 12.8 Å². The summed E-state index contributed by atoms with van der Waals surface area (Å²) < 4.78 is 26.7. The van der Waals surface area contributed by atoms with E-state index in [1.54, 1.807) is 0 Å². The zero-order valence-corrected chi connectivity index (χ0v) is 11.2. The number of hydrogen-bond acceptors (Lipinski definition) is 2. The van der Waals surface area contributed by atoms with E-state index in [2.05, 4.69) is 26.6 Å². The molecule has 0 unspecified atom stereocenters. The third-order valence-corrected chi connectivity index (χ3v) is 3.55. The van der Waals surface area contributed by atoms with Crippen LogP contribution in [-0.4, -0.2) is 19.0 Å². The zero-order chi connectivity index (χ0) is 13.1. The van der Waals surface area contributed by atoms with E-state index in [1.807, 2.05) is 0 Å². The normalized spacial score (nSPS) is 19.6. The first-order valence-corrected chi connectivity index (χ1v) is 6.53. The lowest BCUT2D eigenvalue weighted by atomic mass is 9.99. The van der Waals surface area contributed by atoms with Gasteiger partial charge in [0.15, 0.2) is 5.82 Å². The molecule has 98 valence electrons. The van der Waals surface area contributed by atoms with E-state index in [0.29, 0.717) is 6.54 Å². The van der Waals surface area contributed by atoms with Crippen molar-refractivity contribution in [3.63, 3.8) is 0 Å². The first-order chi connectivity index (χ1) is 8.58. The third kappa shape index (κ3) is 3.05. The standard InChI is InChI=1S/C12H13BrF2N2O/c13-9-4-8(14)5-10(15)11(9)17-12(18)7-2-1-3-16-6-7/h4-5,7,16H,1-3,6H2,(H,17,18)/t7-/m0/s1. The Labute approximate surface area is 112 Å². The summed E-state index contributed by atoms with van der Waals surface area (Å²) >= 11 is 3.04. The van der Waals surface area contributed by atoms with E-state index in [-0.39, 0.29) is 22.0 Å². The maximum Gasteiger partial charge on any atom is 0.228 e. The van der Waals surface area contributed by atoms with Crippen LogP contribution in [0.5, 0.6) is 0 Å². The maximum atomic E-state index is 13.5. The predicted molar refractivity (Wildman–Crippen MR) is 68.3 cm³/mol. The summed E-state index contributed by atoms with van der Waals surface area (Å²) in [6, 6.07) is 1.87. The van der Waals surface area contributed by atoms with Crippen LogP contribution in [0, 0.1) is 17.6 Å². The smallest absolute Gasteiger partial charge is 0.228 e. The molecule has 0 aromatic heterocycles. The molecule has 1 saturated heterocycles. The van der Waals surface area contributed by atoms with Crippen LogP contribution in [0.4, 0.5) is 14.5 Å². The van der Waals surface area contributed by atoms with Gasteiger partial charge in [0.2, 0.25) is 5.91 Å². The molecule has 0 saturated carbocycles. The molecule has 18 heavy (non-hydrogen) atoms. The molecule has 1 fully saturated rings. The van der Waals surface area contributed by atoms with Gasteiger partial charge < -0.3 is 10.6 Å². The second kappa shape index (κ2) is 5.75. The zero-order valence-electron chi connectivity index (χ0n) is 9.60. The Kier molecular flexibility index (Phi) is 4.29. The average molecular weight is 319 g/mol. The summed E-state index contributed by atoms with van der Waals surface area (Å²) in [6.07, 6.45) is 1.70. The van der Waals surface area contributed by atoms with Gasteiger partial charge in [-0.1, -0.05) is 0 Å². The molecule has 3 nitrogen and oxygen atoms in total. The molecule has 0 spiro atoms. The maximum absolute atomic E-state index is 13.5. The quantitative estimate of drug-likeness (QED) is 0.880. The minimum atomic E-state index is -0.779. The Hall–Kier alpha value is -1.01. The highest BCUT2D eigenvalue weighted by Crippen LogP contribution is 2.27. The molecule has 0 aliphatic carbocycles. The Bertz CT molecular complexity index is 438. The summed E-state index contributed by atoms with van der Waals surface area (Å²) in [7, 11) is 0. The number of nitrogens with one attached hydrogen (secondary N) is 2. The van der Waals surface area contributed by atoms with Crippen molar-refractivity contribution in [3.8, 4) is 0 Å². The van der Waals surface area contributed by atoms with Gasteiger partial charge >= 0.3 is 0 Å². The van der Waals surface area contributed by atoms with Crippen LogP contribution in [0.2, 0.25) is 0 Å². The van der Waals surface area contributed by atoms with Crippen molar-refractivity contribution in [3.05, 3.63) is 28.2 Å². The summed E-state index contributed by atoms with van der Waals surface area (Å²) in [6.45, 7) is 1.49. The van der Waals surface area contributed by atoms with Crippen LogP contribution in [0.3, 0.4) is 0 Å². The fraction of sp³-hybridized carbons (Fsp3) is 0.417. The van der Waals surface area contributed by atoms with E-state index in [9.17, 15) is 13.6 Å². The molecule has 2 N–H and O–H groups in total. The minimum Gasteiger partial charge on any atom is -0.322 e. The molecule has 1 aliphatic rings. The number of carbonyl (C=O) groups excluding carboxylic acids is 1. The number of halogens is 3. The van der Waals surface area contributed by atoms with E-state index < -0.39 is 11.6 Å². The number of amides is 1.